The highest BCUT2D eigenvalue weighted by Gasteiger charge is 2.37. The maximum Gasteiger partial charge on any atom is 0.303 e. The number of carboxylic acids is 1. The number of thioether (sulfide) groups is 2. The number of amides is 6. The van der Waals surface area contributed by atoms with Crippen LogP contribution in [0, 0.1) is 17.8 Å². The first kappa shape index (κ1) is 49.4. The first-order valence-corrected chi connectivity index (χ1v) is 22.4. The van der Waals surface area contributed by atoms with Crippen molar-refractivity contribution in [1.29, 1.82) is 0 Å². The lowest BCUT2D eigenvalue weighted by molar-refractivity contribution is -0.137. The van der Waals surface area contributed by atoms with Gasteiger partial charge in [0.1, 0.15) is 29.7 Å². The zero-order valence-corrected chi connectivity index (χ0v) is 36.6. The summed E-state index contributed by atoms with van der Waals surface area (Å²) in [5.41, 5.74) is 0.576. The van der Waals surface area contributed by atoms with Crippen molar-refractivity contribution in [2.24, 2.45) is 17.8 Å². The lowest BCUT2D eigenvalue weighted by atomic mass is 9.96. The second-order valence-electron chi connectivity index (χ2n) is 16.2. The molecule has 1 aliphatic rings. The van der Waals surface area contributed by atoms with Gasteiger partial charge in [0.05, 0.1) is 0 Å². The molecule has 2 bridgehead atoms. The molecule has 0 spiro atoms. The van der Waals surface area contributed by atoms with E-state index in [9.17, 15) is 33.6 Å². The van der Waals surface area contributed by atoms with Crippen LogP contribution >= 0.6 is 23.5 Å². The van der Waals surface area contributed by atoms with Gasteiger partial charge >= 0.3 is 5.97 Å². The third kappa shape index (κ3) is 18.6. The Bertz CT molecular complexity index is 1520. The highest BCUT2D eigenvalue weighted by molar-refractivity contribution is 7.98. The van der Waals surface area contributed by atoms with E-state index in [-0.39, 0.29) is 55.1 Å². The van der Waals surface area contributed by atoms with Gasteiger partial charge in [-0.3, -0.25) is 33.6 Å². The monoisotopic (exact) mass is 834 g/mol. The van der Waals surface area contributed by atoms with E-state index in [0.29, 0.717) is 43.1 Å². The first-order valence-electron chi connectivity index (χ1n) is 20.1. The molecule has 0 aliphatic carbocycles. The Morgan fingerprint density at radius 1 is 0.895 bits per heavy atom. The van der Waals surface area contributed by atoms with Gasteiger partial charge in [-0.25, -0.2) is 0 Å². The molecule has 6 amide bonds. The molecule has 14 nitrogen and oxygen atoms in total. The summed E-state index contributed by atoms with van der Waals surface area (Å²) in [4.78, 5) is 92.7. The molecular weight excluding hydrogens is 769 g/mol. The van der Waals surface area contributed by atoms with E-state index in [1.54, 1.807) is 11.8 Å². The Hall–Kier alpha value is -3.79. The van der Waals surface area contributed by atoms with Gasteiger partial charge in [0.2, 0.25) is 35.4 Å². The fourth-order valence-electron chi connectivity index (χ4n) is 5.99. The molecule has 2 rings (SSSR count). The standard InChI is InChI=1S/C41H66N6O8S2/c1-9-27(6)35-39(54)42-18-19-56-22-28-12-10-13-29(21-28)23-57-24-32(38(53)47-41(7,8)40(55)45-31(20-26(4)5)37(52)46-35)44-36(51)30(17-16-25(2)3)43-33(48)14-11-15-34(49)50/h10,12-13,21,25-27,30-32,35H,9,11,14-20,22-24H2,1-8H3,(H,42,54)(H,43,48)(H,44,51)(H,45,55)(H,46,52)(H,47,53)(H,49,50)/t27-,30-,31-,32-,35-/m0/s1. The van der Waals surface area contributed by atoms with E-state index in [2.05, 4.69) is 38.0 Å². The van der Waals surface area contributed by atoms with Crippen LogP contribution < -0.4 is 31.9 Å². The summed E-state index contributed by atoms with van der Waals surface area (Å²) in [7, 11) is 0. The molecule has 0 saturated carbocycles. The lowest BCUT2D eigenvalue weighted by Gasteiger charge is -2.32. The molecular formula is C41H66N6O8S2. The molecule has 1 aromatic carbocycles. The van der Waals surface area contributed by atoms with Crippen LogP contribution in [-0.4, -0.2) is 94.3 Å². The number of aliphatic carboxylic acids is 1. The average Bonchev–Trinajstić information content (AvgIpc) is 3.13. The summed E-state index contributed by atoms with van der Waals surface area (Å²) >= 11 is 3.09. The van der Waals surface area contributed by atoms with E-state index in [1.165, 1.54) is 25.6 Å². The number of nitrogens with one attached hydrogen (secondary N) is 6. The lowest BCUT2D eigenvalue weighted by Crippen LogP contribution is -2.63. The number of hydrogen-bond acceptors (Lipinski definition) is 9. The Morgan fingerprint density at radius 3 is 2.18 bits per heavy atom. The maximum atomic E-state index is 14.1. The van der Waals surface area contributed by atoms with Crippen LogP contribution in [0.1, 0.15) is 111 Å². The average molecular weight is 835 g/mol. The van der Waals surface area contributed by atoms with E-state index < -0.39 is 65.2 Å². The molecule has 0 unspecified atom stereocenters. The summed E-state index contributed by atoms with van der Waals surface area (Å²) in [6.45, 7) is 15.1. The highest BCUT2D eigenvalue weighted by atomic mass is 32.2. The maximum absolute atomic E-state index is 14.1. The number of carbonyl (C=O) groups excluding carboxylic acids is 6. The quantitative estimate of drug-likeness (QED) is 0.144. The van der Waals surface area contributed by atoms with E-state index in [4.69, 9.17) is 5.11 Å². The van der Waals surface area contributed by atoms with Gasteiger partial charge in [0.25, 0.3) is 0 Å². The van der Waals surface area contributed by atoms with Crippen molar-refractivity contribution >= 4 is 64.9 Å². The van der Waals surface area contributed by atoms with Crippen LogP contribution in [0.5, 0.6) is 0 Å². The number of carboxylic acid groups (broad SMARTS) is 1. The molecule has 0 radical (unpaired) electrons. The minimum absolute atomic E-state index is 0.00250. The molecule has 16 heteroatoms. The Labute approximate surface area is 347 Å². The molecule has 0 aromatic heterocycles. The summed E-state index contributed by atoms with van der Waals surface area (Å²) in [5, 5.41) is 26.0. The zero-order valence-electron chi connectivity index (χ0n) is 35.0. The molecule has 7 N–H and O–H groups in total. The summed E-state index contributed by atoms with van der Waals surface area (Å²) in [6, 6.07) is 4.15. The molecule has 5 atom stereocenters. The summed E-state index contributed by atoms with van der Waals surface area (Å²) < 4.78 is 0. The van der Waals surface area contributed by atoms with Crippen molar-refractivity contribution in [2.45, 2.75) is 142 Å². The largest absolute Gasteiger partial charge is 0.481 e. The second kappa shape index (κ2) is 24.9. The van der Waals surface area contributed by atoms with Crippen LogP contribution in [0.25, 0.3) is 0 Å². The third-order valence-corrected chi connectivity index (χ3v) is 11.7. The van der Waals surface area contributed by atoms with Crippen LogP contribution in [0.3, 0.4) is 0 Å². The van der Waals surface area contributed by atoms with Crippen molar-refractivity contribution in [3.8, 4) is 0 Å². The predicted molar refractivity (Wildman–Crippen MR) is 226 cm³/mol. The Morgan fingerprint density at radius 2 is 1.56 bits per heavy atom. The van der Waals surface area contributed by atoms with E-state index in [1.807, 2.05) is 59.7 Å². The number of fused-ring (bicyclic) bond motifs is 2. The van der Waals surface area contributed by atoms with Gasteiger partial charge in [0.15, 0.2) is 0 Å². The van der Waals surface area contributed by atoms with Gasteiger partial charge in [-0.2, -0.15) is 23.5 Å². The van der Waals surface area contributed by atoms with E-state index in [0.717, 1.165) is 11.1 Å². The zero-order chi connectivity index (χ0) is 42.7. The van der Waals surface area contributed by atoms with Crippen molar-refractivity contribution in [3.63, 3.8) is 0 Å². The fourth-order valence-corrected chi connectivity index (χ4v) is 7.80. The minimum Gasteiger partial charge on any atom is -0.481 e. The van der Waals surface area contributed by atoms with Crippen LogP contribution in [-0.2, 0) is 45.1 Å². The molecule has 1 heterocycles. The highest BCUT2D eigenvalue weighted by Crippen LogP contribution is 2.20. The molecule has 0 saturated heterocycles. The number of hydrogen-bond donors (Lipinski definition) is 7. The van der Waals surface area contributed by atoms with Crippen molar-refractivity contribution in [3.05, 3.63) is 35.4 Å². The van der Waals surface area contributed by atoms with Gasteiger partial charge in [-0.1, -0.05) is 72.2 Å². The van der Waals surface area contributed by atoms with Crippen molar-refractivity contribution in [1.82, 2.24) is 31.9 Å². The topological polar surface area (TPSA) is 212 Å². The van der Waals surface area contributed by atoms with Crippen molar-refractivity contribution in [2.75, 3.05) is 18.1 Å². The number of carbonyl (C=O) groups is 7. The molecule has 57 heavy (non-hydrogen) atoms. The SMILES string of the molecule is CC[C@H](C)[C@@H]1NC(=O)[C@H](CC(C)C)NC(=O)C(C)(C)NC(=O)[C@@H](NC(=O)[C@H](CCC(C)C)NC(=O)CCCC(=O)O)CSCc2cccc(c2)CSCCNC1=O. The third-order valence-electron chi connectivity index (χ3n) is 9.60. The summed E-state index contributed by atoms with van der Waals surface area (Å²) in [6.07, 6.45) is 1.69. The predicted octanol–water partition coefficient (Wildman–Crippen LogP) is 3.90. The number of rotatable bonds is 14. The molecule has 320 valence electrons. The van der Waals surface area contributed by atoms with Gasteiger partial charge < -0.3 is 37.0 Å². The van der Waals surface area contributed by atoms with Gasteiger partial charge in [-0.05, 0) is 68.4 Å². The number of benzene rings is 1. The van der Waals surface area contributed by atoms with Gasteiger partial charge in [0, 0.05) is 42.4 Å². The van der Waals surface area contributed by atoms with Crippen LogP contribution in [0.15, 0.2) is 24.3 Å². The second-order valence-corrected chi connectivity index (χ2v) is 18.4. The Balaban J connectivity index is 2.45. The smallest absolute Gasteiger partial charge is 0.303 e. The molecule has 1 aliphatic heterocycles. The van der Waals surface area contributed by atoms with Crippen LogP contribution in [0.4, 0.5) is 0 Å². The van der Waals surface area contributed by atoms with Gasteiger partial charge in [-0.15, -0.1) is 0 Å². The molecule has 0 fully saturated rings. The first-order chi connectivity index (χ1) is 26.8. The van der Waals surface area contributed by atoms with Crippen LogP contribution in [0.2, 0.25) is 0 Å². The fraction of sp³-hybridized carbons (Fsp3) is 0.683. The minimum atomic E-state index is -1.54. The Kier molecular flexibility index (Phi) is 21.5. The molecule has 1 aromatic rings. The van der Waals surface area contributed by atoms with Crippen molar-refractivity contribution < 1.29 is 38.7 Å². The van der Waals surface area contributed by atoms with E-state index >= 15 is 0 Å². The normalized spacial score (nSPS) is 21.4. The summed E-state index contributed by atoms with van der Waals surface area (Å²) in [5.74, 6) is -2.02.